The first-order chi connectivity index (χ1) is 10.3. The van der Waals surface area contributed by atoms with Gasteiger partial charge in [0.1, 0.15) is 12.7 Å². The highest BCUT2D eigenvalue weighted by Gasteiger charge is 2.21. The van der Waals surface area contributed by atoms with Crippen LogP contribution < -0.4 is 0 Å². The van der Waals surface area contributed by atoms with E-state index in [1.165, 1.54) is 6.08 Å². The Hall–Kier alpha value is -2.23. The van der Waals surface area contributed by atoms with Gasteiger partial charge in [-0.05, 0) is 23.3 Å². The lowest BCUT2D eigenvalue weighted by Gasteiger charge is -2.25. The fourth-order valence-corrected chi connectivity index (χ4v) is 2.28. The van der Waals surface area contributed by atoms with Crippen LogP contribution in [0.4, 0.5) is 0 Å². The summed E-state index contributed by atoms with van der Waals surface area (Å²) in [6.45, 7) is 0.0669. The van der Waals surface area contributed by atoms with Crippen molar-refractivity contribution in [1.82, 2.24) is 0 Å². The number of ketones is 1. The van der Waals surface area contributed by atoms with Crippen LogP contribution in [0.1, 0.15) is 17.2 Å². The molecule has 1 heterocycles. The molecule has 0 fully saturated rings. The Morgan fingerprint density at radius 2 is 1.52 bits per heavy atom. The molecular weight excluding hydrogens is 264 g/mol. The molecule has 0 saturated carbocycles. The molecule has 3 heteroatoms. The molecule has 0 radical (unpaired) electrons. The van der Waals surface area contributed by atoms with Gasteiger partial charge in [0, 0.05) is 0 Å². The molecule has 1 aliphatic heterocycles. The Bertz CT molecular complexity index is 580. The number of carbonyl (C=O) groups is 1. The normalized spacial score (nSPS) is 18.1. The first-order valence-corrected chi connectivity index (χ1v) is 6.91. The second kappa shape index (κ2) is 6.48. The minimum atomic E-state index is -0.506. The van der Waals surface area contributed by atoms with E-state index in [1.54, 1.807) is 6.08 Å². The molecule has 2 aromatic rings. The molecule has 0 bridgehead atoms. The molecule has 0 N–H and O–H groups in total. The standard InChI is InChI=1S/C18H16O3/c19-16-11-12-17(20-13-16)21-18(14-7-3-1-4-8-14)15-9-5-2-6-10-15/h1-12,17-18H,13H2. The van der Waals surface area contributed by atoms with Gasteiger partial charge < -0.3 is 9.47 Å². The fraction of sp³-hybridized carbons (Fsp3) is 0.167. The predicted molar refractivity (Wildman–Crippen MR) is 79.7 cm³/mol. The largest absolute Gasteiger partial charge is 0.341 e. The molecule has 21 heavy (non-hydrogen) atoms. The third kappa shape index (κ3) is 3.45. The van der Waals surface area contributed by atoms with Crippen LogP contribution in [-0.2, 0) is 14.3 Å². The van der Waals surface area contributed by atoms with Gasteiger partial charge in [0.2, 0.25) is 0 Å². The molecule has 1 aliphatic rings. The van der Waals surface area contributed by atoms with Crippen LogP contribution >= 0.6 is 0 Å². The monoisotopic (exact) mass is 280 g/mol. The molecule has 0 saturated heterocycles. The Morgan fingerprint density at radius 3 is 2.00 bits per heavy atom. The van der Waals surface area contributed by atoms with Gasteiger partial charge in [0.05, 0.1) is 0 Å². The summed E-state index contributed by atoms with van der Waals surface area (Å²) in [6.07, 6.45) is 2.44. The molecule has 0 spiro atoms. The summed E-state index contributed by atoms with van der Waals surface area (Å²) < 4.78 is 11.5. The zero-order valence-corrected chi connectivity index (χ0v) is 11.5. The number of hydrogen-bond acceptors (Lipinski definition) is 3. The van der Waals surface area contributed by atoms with E-state index in [1.807, 2.05) is 60.7 Å². The number of rotatable bonds is 4. The van der Waals surface area contributed by atoms with Crippen LogP contribution in [0.3, 0.4) is 0 Å². The second-order valence-electron chi connectivity index (χ2n) is 4.84. The van der Waals surface area contributed by atoms with Gasteiger partial charge in [0.25, 0.3) is 0 Å². The minimum absolute atomic E-state index is 0.0363. The topological polar surface area (TPSA) is 35.5 Å². The van der Waals surface area contributed by atoms with Gasteiger partial charge >= 0.3 is 0 Å². The Balaban J connectivity index is 1.86. The lowest BCUT2D eigenvalue weighted by atomic mass is 10.0. The Kier molecular flexibility index (Phi) is 4.24. The Labute approximate surface area is 123 Å². The fourth-order valence-electron chi connectivity index (χ4n) is 2.28. The maximum Gasteiger partial charge on any atom is 0.181 e. The van der Waals surface area contributed by atoms with E-state index in [4.69, 9.17) is 9.47 Å². The van der Waals surface area contributed by atoms with Crippen molar-refractivity contribution < 1.29 is 14.3 Å². The van der Waals surface area contributed by atoms with E-state index in [2.05, 4.69) is 0 Å². The van der Waals surface area contributed by atoms with Gasteiger partial charge in [0.15, 0.2) is 12.1 Å². The summed E-state index contributed by atoms with van der Waals surface area (Å²) in [5.74, 6) is -0.0363. The van der Waals surface area contributed by atoms with Crippen LogP contribution in [0.5, 0.6) is 0 Å². The smallest absolute Gasteiger partial charge is 0.181 e. The molecule has 1 atom stereocenters. The molecule has 3 rings (SSSR count). The predicted octanol–water partition coefficient (Wildman–Crippen LogP) is 3.27. The molecule has 2 aromatic carbocycles. The SMILES string of the molecule is O=C1C=CC(OC(c2ccccc2)c2ccccc2)OC1. The number of ether oxygens (including phenoxy) is 2. The summed E-state index contributed by atoms with van der Waals surface area (Å²) >= 11 is 0. The van der Waals surface area contributed by atoms with E-state index in [9.17, 15) is 4.79 Å². The summed E-state index contributed by atoms with van der Waals surface area (Å²) in [7, 11) is 0. The minimum Gasteiger partial charge on any atom is -0.341 e. The van der Waals surface area contributed by atoms with Crippen LogP contribution in [0.15, 0.2) is 72.8 Å². The molecule has 3 nitrogen and oxygen atoms in total. The van der Waals surface area contributed by atoms with E-state index >= 15 is 0 Å². The van der Waals surface area contributed by atoms with Crippen LogP contribution in [-0.4, -0.2) is 18.7 Å². The Morgan fingerprint density at radius 1 is 0.952 bits per heavy atom. The van der Waals surface area contributed by atoms with Crippen LogP contribution in [0.2, 0.25) is 0 Å². The lowest BCUT2D eigenvalue weighted by Crippen LogP contribution is -2.25. The molecule has 0 amide bonds. The van der Waals surface area contributed by atoms with Crippen LogP contribution in [0.25, 0.3) is 0 Å². The van der Waals surface area contributed by atoms with Crippen molar-refractivity contribution in [1.29, 1.82) is 0 Å². The third-order valence-electron chi connectivity index (χ3n) is 3.30. The summed E-state index contributed by atoms with van der Waals surface area (Å²) in [5, 5.41) is 0. The van der Waals surface area contributed by atoms with Gasteiger partial charge in [-0.25, -0.2) is 0 Å². The number of benzene rings is 2. The first-order valence-electron chi connectivity index (χ1n) is 6.91. The van der Waals surface area contributed by atoms with Crippen molar-refractivity contribution in [3.05, 3.63) is 83.9 Å². The van der Waals surface area contributed by atoms with Crippen molar-refractivity contribution in [2.45, 2.75) is 12.4 Å². The van der Waals surface area contributed by atoms with Gasteiger partial charge in [-0.1, -0.05) is 60.7 Å². The van der Waals surface area contributed by atoms with Crippen LogP contribution in [0, 0.1) is 0 Å². The van der Waals surface area contributed by atoms with Gasteiger partial charge in [-0.2, -0.15) is 0 Å². The van der Waals surface area contributed by atoms with Crippen molar-refractivity contribution >= 4 is 5.78 Å². The highest BCUT2D eigenvalue weighted by Crippen LogP contribution is 2.28. The summed E-state index contributed by atoms with van der Waals surface area (Å²) in [5.41, 5.74) is 2.11. The molecule has 1 unspecified atom stereocenters. The quantitative estimate of drug-likeness (QED) is 0.862. The number of carbonyl (C=O) groups excluding carboxylic acids is 1. The zero-order chi connectivity index (χ0) is 14.5. The lowest BCUT2D eigenvalue weighted by molar-refractivity contribution is -0.152. The second-order valence-corrected chi connectivity index (χ2v) is 4.84. The molecule has 106 valence electrons. The summed E-state index contributed by atoms with van der Waals surface area (Å²) in [4.78, 5) is 11.2. The van der Waals surface area contributed by atoms with Crippen molar-refractivity contribution in [2.24, 2.45) is 0 Å². The van der Waals surface area contributed by atoms with Gasteiger partial charge in [-0.15, -0.1) is 0 Å². The van der Waals surface area contributed by atoms with E-state index in [0.29, 0.717) is 0 Å². The summed E-state index contributed by atoms with van der Waals surface area (Å²) in [6, 6.07) is 20.0. The van der Waals surface area contributed by atoms with Crippen molar-refractivity contribution in [3.63, 3.8) is 0 Å². The molecule has 0 aromatic heterocycles. The van der Waals surface area contributed by atoms with Gasteiger partial charge in [-0.3, -0.25) is 4.79 Å². The number of hydrogen-bond donors (Lipinski definition) is 0. The van der Waals surface area contributed by atoms with E-state index in [0.717, 1.165) is 11.1 Å². The molecular formula is C18H16O3. The average molecular weight is 280 g/mol. The maximum atomic E-state index is 11.2. The third-order valence-corrected chi connectivity index (χ3v) is 3.30. The average Bonchev–Trinajstić information content (AvgIpc) is 2.56. The molecule has 0 aliphatic carbocycles. The first kappa shape index (κ1) is 13.7. The maximum absolute atomic E-state index is 11.2. The van der Waals surface area contributed by atoms with E-state index in [-0.39, 0.29) is 18.5 Å². The van der Waals surface area contributed by atoms with E-state index < -0.39 is 6.29 Å². The highest BCUT2D eigenvalue weighted by molar-refractivity contribution is 5.91. The van der Waals surface area contributed by atoms with Crippen molar-refractivity contribution in [3.8, 4) is 0 Å². The van der Waals surface area contributed by atoms with Crippen molar-refractivity contribution in [2.75, 3.05) is 6.61 Å². The highest BCUT2D eigenvalue weighted by atomic mass is 16.7. The zero-order valence-electron chi connectivity index (χ0n) is 11.5.